The van der Waals surface area contributed by atoms with Gasteiger partial charge < -0.3 is 17.3 Å². The summed E-state index contributed by atoms with van der Waals surface area (Å²) in [5, 5.41) is 0. The van der Waals surface area contributed by atoms with Crippen molar-refractivity contribution in [2.24, 2.45) is 0 Å². The van der Waals surface area contributed by atoms with E-state index in [9.17, 15) is 16.8 Å². The van der Waals surface area contributed by atoms with Crippen molar-refractivity contribution in [1.29, 1.82) is 0 Å². The Balaban J connectivity index is 0.00000392. The number of rotatable bonds is 10. The molecule has 0 amide bonds. The monoisotopic (exact) mass is 446 g/mol. The number of likely N-dealkylation sites (N-methyl/N-ethyl adjacent to an activating group) is 1. The number of quaternary nitrogens is 1. The second kappa shape index (κ2) is 10.9. The molecule has 0 bridgehead atoms. The van der Waals surface area contributed by atoms with Gasteiger partial charge in [-0.3, -0.25) is 0 Å². The molecule has 9 heteroatoms. The maximum atomic E-state index is 13.1. The van der Waals surface area contributed by atoms with Crippen LogP contribution in [0.5, 0.6) is 0 Å². The van der Waals surface area contributed by atoms with Crippen LogP contribution in [0.4, 0.5) is 0 Å². The Morgan fingerprint density at radius 2 is 1.32 bits per heavy atom. The molecule has 0 atom stereocenters. The third-order valence-corrected chi connectivity index (χ3v) is 8.82. The van der Waals surface area contributed by atoms with Crippen molar-refractivity contribution in [2.75, 3.05) is 26.2 Å². The van der Waals surface area contributed by atoms with Crippen molar-refractivity contribution < 1.29 is 34.1 Å². The number of benzene rings is 2. The van der Waals surface area contributed by atoms with E-state index < -0.39 is 20.0 Å². The van der Waals surface area contributed by atoms with Crippen molar-refractivity contribution in [1.82, 2.24) is 3.71 Å². The fraction of sp³-hybridized carbons (Fsp3) is 0.368. The zero-order valence-corrected chi connectivity index (χ0v) is 18.5. The van der Waals surface area contributed by atoms with Gasteiger partial charge in [-0.15, -0.1) is 0 Å². The first kappa shape index (κ1) is 24.6. The Morgan fingerprint density at radius 3 is 1.82 bits per heavy atom. The summed E-state index contributed by atoms with van der Waals surface area (Å²) < 4.78 is 53.0. The zero-order valence-electron chi connectivity index (χ0n) is 16.1. The van der Waals surface area contributed by atoms with Crippen LogP contribution in [0.2, 0.25) is 0 Å². The largest absolute Gasteiger partial charge is 1.00 e. The molecule has 2 aromatic carbocycles. The molecule has 28 heavy (non-hydrogen) atoms. The van der Waals surface area contributed by atoms with Crippen LogP contribution in [-0.4, -0.2) is 46.7 Å². The Bertz CT molecular complexity index is 917. The normalized spacial score (nSPS) is 12.1. The Morgan fingerprint density at radius 1 is 0.821 bits per heavy atom. The minimum Gasteiger partial charge on any atom is -1.00 e. The summed E-state index contributed by atoms with van der Waals surface area (Å²) in [6.07, 6.45) is 0. The number of halogens is 1. The van der Waals surface area contributed by atoms with Crippen LogP contribution >= 0.6 is 0 Å². The molecule has 0 saturated carbocycles. The van der Waals surface area contributed by atoms with E-state index in [1.165, 1.54) is 12.1 Å². The number of sulfonamides is 2. The lowest BCUT2D eigenvalue weighted by Crippen LogP contribution is -3.12. The van der Waals surface area contributed by atoms with Crippen LogP contribution in [0.3, 0.4) is 0 Å². The summed E-state index contributed by atoms with van der Waals surface area (Å²) in [5.74, 6) is -0.354. The first-order chi connectivity index (χ1) is 12.8. The highest BCUT2D eigenvalue weighted by atomic mass is 35.5. The number of nitrogens with one attached hydrogen (secondary N) is 1. The van der Waals surface area contributed by atoms with E-state index in [0.717, 1.165) is 18.0 Å². The molecule has 0 aliphatic heterocycles. The molecule has 6 nitrogen and oxygen atoms in total. The highest BCUT2D eigenvalue weighted by Crippen LogP contribution is 2.21. The molecule has 0 fully saturated rings. The van der Waals surface area contributed by atoms with Gasteiger partial charge in [0, 0.05) is 0 Å². The first-order valence-corrected chi connectivity index (χ1v) is 12.0. The minimum atomic E-state index is -4.16. The highest BCUT2D eigenvalue weighted by molar-refractivity contribution is 8.03. The molecule has 0 aliphatic carbocycles. The van der Waals surface area contributed by atoms with Crippen molar-refractivity contribution >= 4 is 20.0 Å². The number of hydrogen-bond acceptors (Lipinski definition) is 4. The lowest BCUT2D eigenvalue weighted by molar-refractivity contribution is -0.895. The van der Waals surface area contributed by atoms with E-state index in [1.54, 1.807) is 48.5 Å². The third-order valence-electron chi connectivity index (χ3n) is 4.46. The fourth-order valence-corrected chi connectivity index (χ4v) is 6.64. The molecule has 2 rings (SSSR count). The van der Waals surface area contributed by atoms with Crippen molar-refractivity contribution in [3.05, 3.63) is 66.2 Å². The predicted molar refractivity (Wildman–Crippen MR) is 106 cm³/mol. The van der Waals surface area contributed by atoms with Crippen molar-refractivity contribution in [3.8, 4) is 0 Å². The molecule has 1 N–H and O–H groups in total. The van der Waals surface area contributed by atoms with E-state index in [0.29, 0.717) is 15.8 Å². The van der Waals surface area contributed by atoms with Crippen LogP contribution in [0.1, 0.15) is 19.4 Å². The van der Waals surface area contributed by atoms with E-state index in [4.69, 9.17) is 0 Å². The molecule has 2 aromatic rings. The van der Waals surface area contributed by atoms with Crippen LogP contribution < -0.4 is 17.3 Å². The van der Waals surface area contributed by atoms with Crippen molar-refractivity contribution in [2.45, 2.75) is 24.5 Å². The Labute approximate surface area is 174 Å². The quantitative estimate of drug-likeness (QED) is 0.464. The predicted octanol–water partition coefficient (Wildman–Crippen LogP) is -1.86. The van der Waals surface area contributed by atoms with Gasteiger partial charge in [-0.25, -0.2) is 16.8 Å². The summed E-state index contributed by atoms with van der Waals surface area (Å²) in [6, 6.07) is 16.3. The fourth-order valence-electron chi connectivity index (χ4n) is 2.83. The van der Waals surface area contributed by atoms with Gasteiger partial charge in [-0.2, -0.15) is 0 Å². The molecule has 0 aromatic heterocycles. The highest BCUT2D eigenvalue weighted by Gasteiger charge is 2.36. The number of hydrogen-bond donors (Lipinski definition) is 1. The molecule has 0 saturated heterocycles. The van der Waals surface area contributed by atoms with Gasteiger partial charge in [0.2, 0.25) is 10.0 Å². The molecule has 0 radical (unpaired) electrons. The van der Waals surface area contributed by atoms with Crippen molar-refractivity contribution in [3.63, 3.8) is 0 Å². The van der Waals surface area contributed by atoms with Gasteiger partial charge in [0.15, 0.2) is 0 Å². The summed E-state index contributed by atoms with van der Waals surface area (Å²) in [5.41, 5.74) is 0.556. The topological polar surface area (TPSA) is 76.0 Å². The lowest BCUT2D eigenvalue weighted by atomic mass is 10.2. The average molecular weight is 447 g/mol. The summed E-state index contributed by atoms with van der Waals surface area (Å²) in [7, 11) is -8.22. The Hall–Kier alpha value is -1.45. The van der Waals surface area contributed by atoms with Gasteiger partial charge in [-0.05, 0) is 31.5 Å². The van der Waals surface area contributed by atoms with Crippen LogP contribution in [0.25, 0.3) is 0 Å². The lowest BCUT2D eigenvalue weighted by Gasteiger charge is -2.24. The SMILES string of the molecule is CC[NH+](CC)CCN(S(=O)(=O)Cc1ccccc1)S(=O)(=O)c1ccccc1.[Cl-]. The van der Waals surface area contributed by atoms with E-state index >= 15 is 0 Å². The molecular weight excluding hydrogens is 420 g/mol. The molecule has 0 heterocycles. The standard InChI is InChI=1S/C19H26N2O4S2.ClH/c1-3-20(4-2)15-16-21(27(24,25)19-13-9-6-10-14-19)26(22,23)17-18-11-7-5-8-12-18;/h5-14H,3-4,15-17H2,1-2H3;1H. The second-order valence-corrected chi connectivity index (χ2v) is 10.3. The summed E-state index contributed by atoms with van der Waals surface area (Å²) >= 11 is 0. The van der Waals surface area contributed by atoms with Crippen LogP contribution in [0.15, 0.2) is 65.6 Å². The van der Waals surface area contributed by atoms with Gasteiger partial charge in [-0.1, -0.05) is 52.2 Å². The van der Waals surface area contributed by atoms with Gasteiger partial charge in [0.05, 0.1) is 36.8 Å². The summed E-state index contributed by atoms with van der Waals surface area (Å²) in [6.45, 7) is 5.93. The molecule has 0 spiro atoms. The molecule has 0 unspecified atom stereocenters. The van der Waals surface area contributed by atoms with Gasteiger partial charge in [0.1, 0.15) is 0 Å². The summed E-state index contributed by atoms with van der Waals surface area (Å²) in [4.78, 5) is 1.12. The first-order valence-electron chi connectivity index (χ1n) is 8.99. The van der Waals surface area contributed by atoms with E-state index in [2.05, 4.69) is 0 Å². The maximum Gasteiger partial charge on any atom is 0.256 e. The molecule has 0 aliphatic rings. The second-order valence-electron chi connectivity index (χ2n) is 6.26. The maximum absolute atomic E-state index is 13.1. The van der Waals surface area contributed by atoms with E-state index in [-0.39, 0.29) is 29.6 Å². The van der Waals surface area contributed by atoms with E-state index in [1.807, 2.05) is 13.8 Å². The average Bonchev–Trinajstić information content (AvgIpc) is 2.66. The molecular formula is C19H27ClN2O4S2. The molecule has 156 valence electrons. The Kier molecular flexibility index (Phi) is 9.59. The minimum absolute atomic E-state index is 0. The third kappa shape index (κ3) is 6.28. The van der Waals surface area contributed by atoms with Gasteiger partial charge >= 0.3 is 0 Å². The van der Waals surface area contributed by atoms with Gasteiger partial charge in [0.25, 0.3) is 10.0 Å². The smallest absolute Gasteiger partial charge is 0.256 e. The number of nitrogens with zero attached hydrogens (tertiary/aromatic N) is 1. The van der Waals surface area contributed by atoms with Crippen LogP contribution in [0, 0.1) is 0 Å². The van der Waals surface area contributed by atoms with Crippen LogP contribution in [-0.2, 0) is 25.8 Å². The zero-order chi connectivity index (χ0) is 19.9.